The van der Waals surface area contributed by atoms with Crippen molar-refractivity contribution in [1.82, 2.24) is 10.2 Å². The summed E-state index contributed by atoms with van der Waals surface area (Å²) < 4.78 is 10.3. The standard InChI is InChI=1S/C23H29N3O5/c1-23(2,3)25-20(27)14-26(4)21(28)15-31-22(29)16-30-19-12-10-18(11-13-19)24-17-8-6-5-7-9-17/h5-13,24H,14-16H2,1-4H3,(H,25,27). The quantitative estimate of drug-likeness (QED) is 0.598. The molecule has 8 nitrogen and oxygen atoms in total. The van der Waals surface area contributed by atoms with E-state index < -0.39 is 18.5 Å². The molecule has 0 aromatic heterocycles. The third-order valence-electron chi connectivity index (χ3n) is 3.95. The number of rotatable bonds is 9. The third-order valence-corrected chi connectivity index (χ3v) is 3.95. The number of hydrogen-bond donors (Lipinski definition) is 2. The molecular formula is C23H29N3O5. The molecule has 0 spiro atoms. The van der Waals surface area contributed by atoms with Crippen LogP contribution >= 0.6 is 0 Å². The van der Waals surface area contributed by atoms with Crippen LogP contribution in [0.4, 0.5) is 11.4 Å². The van der Waals surface area contributed by atoms with Gasteiger partial charge in [0.05, 0.1) is 6.54 Å². The summed E-state index contributed by atoms with van der Waals surface area (Å²) in [5.74, 6) is -0.942. The number of para-hydroxylation sites is 1. The fourth-order valence-electron chi connectivity index (χ4n) is 2.52. The number of amides is 2. The summed E-state index contributed by atoms with van der Waals surface area (Å²) >= 11 is 0. The van der Waals surface area contributed by atoms with Gasteiger partial charge >= 0.3 is 5.97 Å². The molecule has 0 saturated heterocycles. The average Bonchev–Trinajstić information content (AvgIpc) is 2.70. The molecule has 0 unspecified atom stereocenters. The zero-order valence-corrected chi connectivity index (χ0v) is 18.3. The Bertz CT molecular complexity index is 876. The first-order chi connectivity index (χ1) is 14.6. The second-order valence-electron chi connectivity index (χ2n) is 8.01. The zero-order chi connectivity index (χ0) is 22.9. The summed E-state index contributed by atoms with van der Waals surface area (Å²) in [4.78, 5) is 36.9. The van der Waals surface area contributed by atoms with Crippen molar-refractivity contribution in [3.8, 4) is 5.75 Å². The molecule has 31 heavy (non-hydrogen) atoms. The van der Waals surface area contributed by atoms with Crippen LogP contribution in [0.25, 0.3) is 0 Å². The van der Waals surface area contributed by atoms with Crippen LogP contribution in [0, 0.1) is 0 Å². The van der Waals surface area contributed by atoms with Crippen LogP contribution in [0.3, 0.4) is 0 Å². The van der Waals surface area contributed by atoms with Gasteiger partial charge in [0.1, 0.15) is 5.75 Å². The Morgan fingerprint density at radius 1 is 0.903 bits per heavy atom. The van der Waals surface area contributed by atoms with E-state index in [-0.39, 0.29) is 24.6 Å². The maximum absolute atomic E-state index is 12.0. The first-order valence-corrected chi connectivity index (χ1v) is 9.88. The highest BCUT2D eigenvalue weighted by atomic mass is 16.6. The number of likely N-dealkylation sites (N-methyl/N-ethyl adjacent to an activating group) is 1. The summed E-state index contributed by atoms with van der Waals surface area (Å²) in [6.45, 7) is 4.65. The molecule has 2 rings (SSSR count). The summed E-state index contributed by atoms with van der Waals surface area (Å²) in [5.41, 5.74) is 1.45. The van der Waals surface area contributed by atoms with Crippen LogP contribution in [0.1, 0.15) is 20.8 Å². The van der Waals surface area contributed by atoms with Crippen LogP contribution in [0.15, 0.2) is 54.6 Å². The summed E-state index contributed by atoms with van der Waals surface area (Å²) in [7, 11) is 1.47. The Morgan fingerprint density at radius 3 is 2.13 bits per heavy atom. The number of esters is 1. The fraction of sp³-hybridized carbons (Fsp3) is 0.348. The van der Waals surface area contributed by atoms with Crippen LogP contribution in [0.5, 0.6) is 5.75 Å². The Hall–Kier alpha value is -3.55. The molecule has 8 heteroatoms. The molecule has 0 aliphatic rings. The van der Waals surface area contributed by atoms with Gasteiger partial charge in [0.25, 0.3) is 5.91 Å². The topological polar surface area (TPSA) is 97.0 Å². The molecule has 0 saturated carbocycles. The SMILES string of the molecule is CN(CC(=O)NC(C)(C)C)C(=O)COC(=O)COc1ccc(Nc2ccccc2)cc1. The van der Waals surface area contributed by atoms with Gasteiger partial charge in [0, 0.05) is 24.0 Å². The molecule has 0 aliphatic carbocycles. The van der Waals surface area contributed by atoms with Crippen molar-refractivity contribution in [3.63, 3.8) is 0 Å². The minimum absolute atomic E-state index is 0.118. The number of anilines is 2. The predicted octanol–water partition coefficient (Wildman–Crippen LogP) is 2.73. The number of carbonyl (C=O) groups excluding carboxylic acids is 3. The first-order valence-electron chi connectivity index (χ1n) is 9.88. The normalized spacial score (nSPS) is 10.7. The van der Waals surface area contributed by atoms with Gasteiger partial charge in [0.2, 0.25) is 5.91 Å². The monoisotopic (exact) mass is 427 g/mol. The molecule has 2 amide bonds. The van der Waals surface area contributed by atoms with Gasteiger partial charge in [-0.25, -0.2) is 4.79 Å². The maximum atomic E-state index is 12.0. The van der Waals surface area contributed by atoms with E-state index in [1.54, 1.807) is 12.1 Å². The lowest BCUT2D eigenvalue weighted by Gasteiger charge is -2.23. The molecule has 2 N–H and O–H groups in total. The third kappa shape index (κ3) is 9.20. The highest BCUT2D eigenvalue weighted by molar-refractivity contribution is 5.86. The summed E-state index contributed by atoms with van der Waals surface area (Å²) in [6.07, 6.45) is 0. The zero-order valence-electron chi connectivity index (χ0n) is 18.3. The molecule has 0 bridgehead atoms. The van der Waals surface area contributed by atoms with Crippen LogP contribution < -0.4 is 15.4 Å². The van der Waals surface area contributed by atoms with E-state index in [1.165, 1.54) is 11.9 Å². The van der Waals surface area contributed by atoms with Crippen molar-refractivity contribution in [2.24, 2.45) is 0 Å². The number of carbonyl (C=O) groups is 3. The molecule has 0 aliphatic heterocycles. The van der Waals surface area contributed by atoms with E-state index in [9.17, 15) is 14.4 Å². The van der Waals surface area contributed by atoms with Gasteiger partial charge in [-0.05, 0) is 57.2 Å². The maximum Gasteiger partial charge on any atom is 0.344 e. The largest absolute Gasteiger partial charge is 0.482 e. The van der Waals surface area contributed by atoms with Crippen LogP contribution in [-0.4, -0.2) is 55.0 Å². The van der Waals surface area contributed by atoms with Gasteiger partial charge in [-0.15, -0.1) is 0 Å². The highest BCUT2D eigenvalue weighted by Crippen LogP contribution is 2.19. The minimum Gasteiger partial charge on any atom is -0.482 e. The van der Waals surface area contributed by atoms with E-state index in [4.69, 9.17) is 9.47 Å². The Balaban J connectivity index is 1.70. The number of nitrogens with zero attached hydrogens (tertiary/aromatic N) is 1. The van der Waals surface area contributed by atoms with Crippen molar-refractivity contribution in [1.29, 1.82) is 0 Å². The van der Waals surface area contributed by atoms with Crippen molar-refractivity contribution in [3.05, 3.63) is 54.6 Å². The lowest BCUT2D eigenvalue weighted by atomic mass is 10.1. The predicted molar refractivity (Wildman–Crippen MR) is 118 cm³/mol. The second kappa shape index (κ2) is 11.0. The van der Waals surface area contributed by atoms with Gasteiger partial charge in [0.15, 0.2) is 13.2 Å². The van der Waals surface area contributed by atoms with E-state index in [0.717, 1.165) is 11.4 Å². The Kier molecular flexibility index (Phi) is 8.43. The second-order valence-corrected chi connectivity index (χ2v) is 8.01. The Morgan fingerprint density at radius 2 is 1.52 bits per heavy atom. The van der Waals surface area contributed by atoms with E-state index in [1.807, 2.05) is 63.2 Å². The molecule has 0 heterocycles. The smallest absolute Gasteiger partial charge is 0.344 e. The van der Waals surface area contributed by atoms with Gasteiger partial charge in [-0.3, -0.25) is 9.59 Å². The van der Waals surface area contributed by atoms with Crippen molar-refractivity contribution in [2.45, 2.75) is 26.3 Å². The molecule has 166 valence electrons. The number of hydrogen-bond acceptors (Lipinski definition) is 6. The van der Waals surface area contributed by atoms with E-state index >= 15 is 0 Å². The Labute approximate surface area is 182 Å². The lowest BCUT2D eigenvalue weighted by molar-refractivity contribution is -0.153. The summed E-state index contributed by atoms with van der Waals surface area (Å²) in [6, 6.07) is 16.8. The summed E-state index contributed by atoms with van der Waals surface area (Å²) in [5, 5.41) is 6.01. The minimum atomic E-state index is -0.674. The molecule has 2 aromatic rings. The van der Waals surface area contributed by atoms with Crippen molar-refractivity contribution in [2.75, 3.05) is 32.1 Å². The highest BCUT2D eigenvalue weighted by Gasteiger charge is 2.18. The van der Waals surface area contributed by atoms with Crippen molar-refractivity contribution < 1.29 is 23.9 Å². The first kappa shape index (κ1) is 23.7. The van der Waals surface area contributed by atoms with Gasteiger partial charge < -0.3 is 25.0 Å². The van der Waals surface area contributed by atoms with Crippen LogP contribution in [0.2, 0.25) is 0 Å². The fourth-order valence-corrected chi connectivity index (χ4v) is 2.52. The van der Waals surface area contributed by atoms with Crippen LogP contribution in [-0.2, 0) is 19.1 Å². The molecule has 0 atom stereocenters. The molecule has 0 radical (unpaired) electrons. The molecular weight excluding hydrogens is 398 g/mol. The van der Waals surface area contributed by atoms with E-state index in [0.29, 0.717) is 5.75 Å². The molecule has 0 fully saturated rings. The number of benzene rings is 2. The van der Waals surface area contributed by atoms with E-state index in [2.05, 4.69) is 10.6 Å². The van der Waals surface area contributed by atoms with Crippen molar-refractivity contribution >= 4 is 29.2 Å². The lowest BCUT2D eigenvalue weighted by Crippen LogP contribution is -2.47. The number of nitrogens with one attached hydrogen (secondary N) is 2. The van der Waals surface area contributed by atoms with Gasteiger partial charge in [-0.2, -0.15) is 0 Å². The number of ether oxygens (including phenoxy) is 2. The molecule has 2 aromatic carbocycles. The average molecular weight is 428 g/mol. The van der Waals surface area contributed by atoms with Gasteiger partial charge in [-0.1, -0.05) is 18.2 Å².